The Labute approximate surface area is 233 Å². The molecule has 1 aromatic carbocycles. The number of rotatable bonds is 10. The fourth-order valence-corrected chi connectivity index (χ4v) is 7.15. The molecule has 5 rings (SSSR count). The number of ether oxygens (including phenoxy) is 3. The molecule has 1 atom stereocenters. The number of aryl methyl sites for hydroxylation is 2. The maximum Gasteiger partial charge on any atom is 0.275 e. The Hall–Kier alpha value is -3.06. The van der Waals surface area contributed by atoms with Gasteiger partial charge in [-0.15, -0.1) is 0 Å². The summed E-state index contributed by atoms with van der Waals surface area (Å²) in [7, 11) is -2.15. The molecular formula is C28H36N4O7S. The molecule has 0 saturated carbocycles. The second-order valence-electron chi connectivity index (χ2n) is 10.3. The average molecular weight is 573 g/mol. The predicted molar refractivity (Wildman–Crippen MR) is 149 cm³/mol. The van der Waals surface area contributed by atoms with Crippen molar-refractivity contribution in [2.24, 2.45) is 13.0 Å². The molecule has 2 fully saturated rings. The molecule has 11 nitrogen and oxygen atoms in total. The molecule has 2 aliphatic rings. The zero-order valence-corrected chi connectivity index (χ0v) is 24.0. The van der Waals surface area contributed by atoms with E-state index in [0.717, 1.165) is 19.1 Å². The summed E-state index contributed by atoms with van der Waals surface area (Å²) in [6, 6.07) is 4.68. The molecule has 0 bridgehead atoms. The molecule has 3 aromatic rings. The molecule has 0 amide bonds. The highest BCUT2D eigenvalue weighted by molar-refractivity contribution is 7.89. The van der Waals surface area contributed by atoms with Crippen LogP contribution in [0.3, 0.4) is 0 Å². The second-order valence-corrected chi connectivity index (χ2v) is 12.3. The van der Waals surface area contributed by atoms with Crippen LogP contribution in [0, 0.1) is 5.92 Å². The van der Waals surface area contributed by atoms with Crippen molar-refractivity contribution in [2.75, 3.05) is 33.1 Å². The van der Waals surface area contributed by atoms with Crippen molar-refractivity contribution in [3.63, 3.8) is 0 Å². The van der Waals surface area contributed by atoms with Gasteiger partial charge in [-0.25, -0.2) is 13.4 Å². The number of fused-ring (bicyclic) bond motifs is 1. The number of hydrogen-bond donors (Lipinski definition) is 1. The summed E-state index contributed by atoms with van der Waals surface area (Å²) in [5.74, 6) is 0.872. The van der Waals surface area contributed by atoms with E-state index in [0.29, 0.717) is 86.0 Å². The van der Waals surface area contributed by atoms with Crippen LogP contribution in [-0.2, 0) is 33.0 Å². The van der Waals surface area contributed by atoms with E-state index in [1.54, 1.807) is 17.7 Å². The van der Waals surface area contributed by atoms with Crippen LogP contribution in [0.25, 0.3) is 22.4 Å². The van der Waals surface area contributed by atoms with Crippen LogP contribution in [0.4, 0.5) is 0 Å². The minimum absolute atomic E-state index is 0.0135. The zero-order valence-electron chi connectivity index (χ0n) is 23.1. The van der Waals surface area contributed by atoms with Crippen molar-refractivity contribution < 1.29 is 27.4 Å². The summed E-state index contributed by atoms with van der Waals surface area (Å²) in [5.41, 5.74) is 1.79. The van der Waals surface area contributed by atoms with Gasteiger partial charge in [0.15, 0.2) is 6.29 Å². The highest BCUT2D eigenvalue weighted by atomic mass is 32.2. The third-order valence-electron chi connectivity index (χ3n) is 7.78. The SMILES string of the molecule is CCCOc1ccc(S(=O)(=O)N2CCC([C@H]3COCO3)CC2)cc1-c1nc2c(CCC)c(C=O)n(C)c2c(=O)[nH]1. The maximum atomic E-state index is 13.7. The van der Waals surface area contributed by atoms with Gasteiger partial charge in [0.2, 0.25) is 10.0 Å². The first-order chi connectivity index (χ1) is 19.3. The van der Waals surface area contributed by atoms with E-state index < -0.39 is 15.6 Å². The van der Waals surface area contributed by atoms with Crippen LogP contribution in [0.2, 0.25) is 0 Å². The van der Waals surface area contributed by atoms with Crippen molar-refractivity contribution in [1.29, 1.82) is 0 Å². The quantitative estimate of drug-likeness (QED) is 0.366. The van der Waals surface area contributed by atoms with Gasteiger partial charge in [0.05, 0.1) is 35.5 Å². The lowest BCUT2D eigenvalue weighted by Gasteiger charge is -2.33. The maximum absolute atomic E-state index is 13.7. The zero-order chi connectivity index (χ0) is 28.4. The topological polar surface area (TPSA) is 133 Å². The van der Waals surface area contributed by atoms with Gasteiger partial charge in [0.1, 0.15) is 29.4 Å². The Balaban J connectivity index is 1.55. The minimum Gasteiger partial charge on any atom is -0.493 e. The van der Waals surface area contributed by atoms with Crippen molar-refractivity contribution in [1.82, 2.24) is 18.8 Å². The Morgan fingerprint density at radius 2 is 1.98 bits per heavy atom. The number of nitrogens with one attached hydrogen (secondary N) is 1. The molecule has 12 heteroatoms. The molecule has 1 N–H and O–H groups in total. The number of carbonyl (C=O) groups excluding carboxylic acids is 1. The highest BCUT2D eigenvalue weighted by Gasteiger charge is 2.35. The van der Waals surface area contributed by atoms with Gasteiger partial charge in [-0.3, -0.25) is 9.59 Å². The highest BCUT2D eigenvalue weighted by Crippen LogP contribution is 2.34. The van der Waals surface area contributed by atoms with E-state index in [9.17, 15) is 18.0 Å². The Kier molecular flexibility index (Phi) is 8.41. The summed E-state index contributed by atoms with van der Waals surface area (Å²) < 4.78 is 47.4. The van der Waals surface area contributed by atoms with Gasteiger partial charge in [0, 0.05) is 25.7 Å². The van der Waals surface area contributed by atoms with E-state index in [-0.39, 0.29) is 22.7 Å². The first-order valence-corrected chi connectivity index (χ1v) is 15.3. The number of aldehydes is 1. The normalized spacial score (nSPS) is 18.9. The Morgan fingerprint density at radius 3 is 2.62 bits per heavy atom. The van der Waals surface area contributed by atoms with Gasteiger partial charge in [-0.2, -0.15) is 4.31 Å². The van der Waals surface area contributed by atoms with Gasteiger partial charge >= 0.3 is 0 Å². The fraction of sp³-hybridized carbons (Fsp3) is 0.536. The first kappa shape index (κ1) is 28.5. The fourth-order valence-electron chi connectivity index (χ4n) is 5.66. The summed E-state index contributed by atoms with van der Waals surface area (Å²) in [4.78, 5) is 32.8. The van der Waals surface area contributed by atoms with E-state index in [4.69, 9.17) is 19.2 Å². The molecule has 216 valence electrons. The smallest absolute Gasteiger partial charge is 0.275 e. The molecule has 2 saturated heterocycles. The van der Waals surface area contributed by atoms with Crippen LogP contribution in [0.1, 0.15) is 55.6 Å². The van der Waals surface area contributed by atoms with E-state index in [1.807, 2.05) is 13.8 Å². The lowest BCUT2D eigenvalue weighted by Crippen LogP contribution is -2.41. The number of aromatic amines is 1. The number of nitrogens with zero attached hydrogens (tertiary/aromatic N) is 3. The van der Waals surface area contributed by atoms with Gasteiger partial charge < -0.3 is 23.8 Å². The summed E-state index contributed by atoms with van der Waals surface area (Å²) >= 11 is 0. The number of benzene rings is 1. The third kappa shape index (κ3) is 5.20. The largest absolute Gasteiger partial charge is 0.493 e. The average Bonchev–Trinajstić information content (AvgIpc) is 3.59. The number of piperidine rings is 1. The van der Waals surface area contributed by atoms with Crippen molar-refractivity contribution in [2.45, 2.75) is 57.0 Å². The molecule has 0 aliphatic carbocycles. The van der Waals surface area contributed by atoms with E-state index >= 15 is 0 Å². The number of hydrogen-bond acceptors (Lipinski definition) is 8. The minimum atomic E-state index is -3.82. The third-order valence-corrected chi connectivity index (χ3v) is 9.67. The van der Waals surface area contributed by atoms with E-state index in [1.165, 1.54) is 16.4 Å². The van der Waals surface area contributed by atoms with Crippen LogP contribution in [0.5, 0.6) is 5.75 Å². The Bertz CT molecular complexity index is 1550. The van der Waals surface area contributed by atoms with Crippen LogP contribution in [0.15, 0.2) is 27.9 Å². The number of carbonyl (C=O) groups is 1. The van der Waals surface area contributed by atoms with E-state index in [2.05, 4.69) is 4.98 Å². The van der Waals surface area contributed by atoms with Crippen molar-refractivity contribution >= 4 is 27.3 Å². The predicted octanol–water partition coefficient (Wildman–Crippen LogP) is 3.26. The molecule has 0 unspecified atom stereocenters. The molecule has 40 heavy (non-hydrogen) atoms. The van der Waals surface area contributed by atoms with Gasteiger partial charge in [-0.05, 0) is 49.8 Å². The molecular weight excluding hydrogens is 536 g/mol. The lowest BCUT2D eigenvalue weighted by molar-refractivity contribution is 0.0184. The summed E-state index contributed by atoms with van der Waals surface area (Å²) in [5, 5.41) is 0. The summed E-state index contributed by atoms with van der Waals surface area (Å²) in [6.45, 7) is 5.98. The lowest BCUT2D eigenvalue weighted by atomic mass is 9.93. The molecule has 0 radical (unpaired) electrons. The first-order valence-electron chi connectivity index (χ1n) is 13.8. The number of aromatic nitrogens is 3. The monoisotopic (exact) mass is 572 g/mol. The second kappa shape index (κ2) is 11.8. The molecule has 2 aliphatic heterocycles. The van der Waals surface area contributed by atoms with Crippen LogP contribution in [-0.4, -0.2) is 72.7 Å². The molecule has 2 aromatic heterocycles. The number of H-pyrrole nitrogens is 1. The van der Waals surface area contributed by atoms with Crippen LogP contribution >= 0.6 is 0 Å². The van der Waals surface area contributed by atoms with Crippen molar-refractivity contribution in [3.8, 4) is 17.1 Å². The van der Waals surface area contributed by atoms with Gasteiger partial charge in [0.25, 0.3) is 5.56 Å². The standard InChI is InChI=1S/C28H36N4O7S/c1-4-6-20-22(15-33)31(3)26-25(20)29-27(30-28(26)34)21-14-19(7-8-23(21)38-13-5-2)40(35,36)32-11-9-18(10-12-32)24-16-37-17-39-24/h7-8,14-15,18,24H,4-6,9-13,16-17H2,1-3H3,(H,29,30,34)/t24-/m1/s1. The number of sulfonamides is 1. The van der Waals surface area contributed by atoms with Crippen LogP contribution < -0.4 is 10.3 Å². The van der Waals surface area contributed by atoms with Gasteiger partial charge in [-0.1, -0.05) is 20.3 Å². The molecule has 4 heterocycles. The summed E-state index contributed by atoms with van der Waals surface area (Å²) in [6.07, 6.45) is 4.22. The van der Waals surface area contributed by atoms with Crippen molar-refractivity contribution in [3.05, 3.63) is 39.8 Å². The molecule has 0 spiro atoms. The Morgan fingerprint density at radius 1 is 1.20 bits per heavy atom.